The van der Waals surface area contributed by atoms with E-state index in [1.807, 2.05) is 18.2 Å². The molecular formula is C31H39N3O3S. The van der Waals surface area contributed by atoms with Crippen molar-refractivity contribution in [1.82, 2.24) is 15.5 Å². The quantitative estimate of drug-likeness (QED) is 0.156. The highest BCUT2D eigenvalue weighted by atomic mass is 32.2. The molecule has 1 atom stereocenters. The van der Waals surface area contributed by atoms with Gasteiger partial charge < -0.3 is 10.2 Å². The molecule has 0 saturated carbocycles. The Morgan fingerprint density at radius 2 is 1.84 bits per heavy atom. The average molecular weight is 534 g/mol. The summed E-state index contributed by atoms with van der Waals surface area (Å²) in [7, 11) is 0. The molecule has 2 aromatic carbocycles. The first-order valence-electron chi connectivity index (χ1n) is 13.7. The number of hydrogen-bond acceptors (Lipinski definition) is 5. The second-order valence-electron chi connectivity index (χ2n) is 10.3. The lowest BCUT2D eigenvalue weighted by atomic mass is 9.88. The van der Waals surface area contributed by atoms with E-state index >= 15 is 0 Å². The molecule has 1 unspecified atom stereocenters. The van der Waals surface area contributed by atoms with Crippen molar-refractivity contribution in [1.29, 1.82) is 0 Å². The molecule has 4 rings (SSSR count). The van der Waals surface area contributed by atoms with Crippen LogP contribution in [0, 0.1) is 0 Å². The first-order valence-corrected chi connectivity index (χ1v) is 14.7. The maximum Gasteiger partial charge on any atom is 0.255 e. The number of thioether (sulfide) groups is 1. The number of carbonyl (C=O) groups is 3. The van der Waals surface area contributed by atoms with Crippen molar-refractivity contribution in [3.63, 3.8) is 0 Å². The summed E-state index contributed by atoms with van der Waals surface area (Å²) in [5, 5.41) is 6.12. The fourth-order valence-electron chi connectivity index (χ4n) is 5.40. The molecule has 2 aromatic rings. The molecule has 2 heterocycles. The number of hydrogen-bond donors (Lipinski definition) is 2. The zero-order valence-electron chi connectivity index (χ0n) is 22.6. The molecule has 2 aliphatic heterocycles. The number of aryl methyl sites for hydroxylation is 1. The van der Waals surface area contributed by atoms with Gasteiger partial charge in [0.25, 0.3) is 5.91 Å². The van der Waals surface area contributed by atoms with Crippen molar-refractivity contribution >= 4 is 29.5 Å². The maximum absolute atomic E-state index is 13.0. The summed E-state index contributed by atoms with van der Waals surface area (Å²) in [6, 6.07) is 14.1. The molecule has 3 amide bonds. The van der Waals surface area contributed by atoms with E-state index in [1.165, 1.54) is 11.1 Å². The lowest BCUT2D eigenvalue weighted by Gasteiger charge is -2.32. The number of benzene rings is 2. The van der Waals surface area contributed by atoms with Gasteiger partial charge in [-0.3, -0.25) is 19.7 Å². The summed E-state index contributed by atoms with van der Waals surface area (Å²) < 4.78 is 0. The predicted molar refractivity (Wildman–Crippen MR) is 153 cm³/mol. The minimum atomic E-state index is -0.578. The summed E-state index contributed by atoms with van der Waals surface area (Å²) in [6.45, 7) is 9.67. The number of carbonyl (C=O) groups excluding carboxylic acids is 3. The van der Waals surface area contributed by atoms with Crippen LogP contribution in [0.15, 0.2) is 60.0 Å². The molecule has 38 heavy (non-hydrogen) atoms. The number of fused-ring (bicyclic) bond motifs is 1. The standard InChI is InChI=1S/C31H39N3O3S/c1-4-18-31(5-2,6-3)32-20-23-14-12-22(13-15-23)9-8-19-38-27-11-7-10-24-25(27)21-34(30(24)37)26-16-17-28(35)33-29(26)36/h4,7,10-15,26,32H,1,5-6,8-9,16-21H2,2-3H3,(H,33,35,36). The molecule has 0 radical (unpaired) electrons. The highest BCUT2D eigenvalue weighted by Gasteiger charge is 2.39. The molecular weight excluding hydrogens is 494 g/mol. The second kappa shape index (κ2) is 12.8. The normalized spacial score (nSPS) is 17.5. The maximum atomic E-state index is 13.0. The van der Waals surface area contributed by atoms with Crippen molar-refractivity contribution in [3.8, 4) is 0 Å². The van der Waals surface area contributed by atoms with Crippen LogP contribution in [0.4, 0.5) is 0 Å². The van der Waals surface area contributed by atoms with Gasteiger partial charge in [-0.05, 0) is 73.1 Å². The van der Waals surface area contributed by atoms with Crippen molar-refractivity contribution < 1.29 is 14.4 Å². The van der Waals surface area contributed by atoms with Crippen LogP contribution in [0.3, 0.4) is 0 Å². The third-order valence-electron chi connectivity index (χ3n) is 7.99. The SMILES string of the molecule is C=CCC(CC)(CC)NCc1ccc(CCCSc2cccc3c2CN(C2CCC(=O)NC2=O)C3=O)cc1. The van der Waals surface area contributed by atoms with E-state index < -0.39 is 6.04 Å². The van der Waals surface area contributed by atoms with Crippen LogP contribution < -0.4 is 10.6 Å². The number of amides is 3. The number of imide groups is 1. The topological polar surface area (TPSA) is 78.5 Å². The van der Waals surface area contributed by atoms with Gasteiger partial charge in [-0.2, -0.15) is 0 Å². The summed E-state index contributed by atoms with van der Waals surface area (Å²) in [5.41, 5.74) is 4.42. The smallest absolute Gasteiger partial charge is 0.255 e. The van der Waals surface area contributed by atoms with Gasteiger partial charge in [-0.1, -0.05) is 50.3 Å². The van der Waals surface area contributed by atoms with Crippen LogP contribution in [0.1, 0.15) is 79.4 Å². The minimum Gasteiger partial charge on any atom is -0.322 e. The second-order valence-corrected chi connectivity index (χ2v) is 11.4. The van der Waals surface area contributed by atoms with Crippen molar-refractivity contribution in [2.45, 2.75) is 88.4 Å². The Bertz CT molecular complexity index is 1170. The van der Waals surface area contributed by atoms with Crippen molar-refractivity contribution in [3.05, 3.63) is 77.4 Å². The molecule has 2 aliphatic rings. The molecule has 0 aromatic heterocycles. The minimum absolute atomic E-state index is 0.119. The van der Waals surface area contributed by atoms with E-state index in [4.69, 9.17) is 0 Å². The van der Waals surface area contributed by atoms with E-state index in [-0.39, 0.29) is 29.7 Å². The largest absolute Gasteiger partial charge is 0.322 e. The summed E-state index contributed by atoms with van der Waals surface area (Å²) in [6.07, 6.45) is 7.84. The zero-order chi connectivity index (χ0) is 27.1. The summed E-state index contributed by atoms with van der Waals surface area (Å²) in [4.78, 5) is 39.6. The molecule has 7 heteroatoms. The highest BCUT2D eigenvalue weighted by Crippen LogP contribution is 2.34. The fraction of sp³-hybridized carbons (Fsp3) is 0.452. The molecule has 1 saturated heterocycles. The Hall–Kier alpha value is -2.90. The van der Waals surface area contributed by atoms with Crippen molar-refractivity contribution in [2.75, 3.05) is 5.75 Å². The molecule has 1 fully saturated rings. The number of nitrogens with zero attached hydrogens (tertiary/aromatic N) is 1. The molecule has 0 aliphatic carbocycles. The average Bonchev–Trinajstić information content (AvgIpc) is 3.26. The van der Waals surface area contributed by atoms with Crippen LogP contribution in [0.25, 0.3) is 0 Å². The van der Waals surface area contributed by atoms with Gasteiger partial charge in [0.05, 0.1) is 0 Å². The number of piperidine rings is 1. The third-order valence-corrected chi connectivity index (χ3v) is 9.17. The summed E-state index contributed by atoms with van der Waals surface area (Å²) in [5.74, 6) is 0.191. The van der Waals surface area contributed by atoms with Crippen LogP contribution in [-0.2, 0) is 29.1 Å². The van der Waals surface area contributed by atoms with E-state index in [2.05, 4.69) is 61.4 Å². The number of rotatable bonds is 13. The van der Waals surface area contributed by atoms with Crippen LogP contribution in [0.2, 0.25) is 0 Å². The van der Waals surface area contributed by atoms with E-state index in [0.717, 1.165) is 54.9 Å². The number of nitrogens with one attached hydrogen (secondary N) is 2. The van der Waals surface area contributed by atoms with Crippen LogP contribution in [0.5, 0.6) is 0 Å². The van der Waals surface area contributed by atoms with Gasteiger partial charge in [-0.15, -0.1) is 18.3 Å². The zero-order valence-corrected chi connectivity index (χ0v) is 23.4. The molecule has 0 bridgehead atoms. The van der Waals surface area contributed by atoms with E-state index in [9.17, 15) is 14.4 Å². The van der Waals surface area contributed by atoms with E-state index in [1.54, 1.807) is 16.7 Å². The lowest BCUT2D eigenvalue weighted by molar-refractivity contribution is -0.136. The van der Waals surface area contributed by atoms with Gasteiger partial charge in [0.1, 0.15) is 6.04 Å². The molecule has 2 N–H and O–H groups in total. The van der Waals surface area contributed by atoms with Gasteiger partial charge in [0.2, 0.25) is 11.8 Å². The first kappa shape index (κ1) is 28.1. The third kappa shape index (κ3) is 6.38. The monoisotopic (exact) mass is 533 g/mol. The molecule has 6 nitrogen and oxygen atoms in total. The Morgan fingerprint density at radius 1 is 1.11 bits per heavy atom. The first-order chi connectivity index (χ1) is 18.4. The van der Waals surface area contributed by atoms with Crippen LogP contribution >= 0.6 is 11.8 Å². The molecule has 202 valence electrons. The lowest BCUT2D eigenvalue weighted by Crippen LogP contribution is -2.52. The van der Waals surface area contributed by atoms with Gasteiger partial charge >= 0.3 is 0 Å². The highest BCUT2D eigenvalue weighted by molar-refractivity contribution is 7.99. The Labute approximate surface area is 230 Å². The van der Waals surface area contributed by atoms with Gasteiger partial charge in [0.15, 0.2) is 0 Å². The Morgan fingerprint density at radius 3 is 2.53 bits per heavy atom. The fourth-order valence-corrected chi connectivity index (χ4v) is 6.43. The van der Waals surface area contributed by atoms with E-state index in [0.29, 0.717) is 18.5 Å². The predicted octanol–water partition coefficient (Wildman–Crippen LogP) is 5.40. The Kier molecular flexibility index (Phi) is 9.44. The van der Waals surface area contributed by atoms with Crippen molar-refractivity contribution in [2.24, 2.45) is 0 Å². The molecule has 0 spiro atoms. The summed E-state index contributed by atoms with van der Waals surface area (Å²) >= 11 is 1.77. The van der Waals surface area contributed by atoms with Crippen LogP contribution in [-0.4, -0.2) is 40.0 Å². The Balaban J connectivity index is 1.28. The van der Waals surface area contributed by atoms with Gasteiger partial charge in [-0.25, -0.2) is 0 Å². The van der Waals surface area contributed by atoms with Gasteiger partial charge in [0, 0.05) is 35.5 Å².